The van der Waals surface area contributed by atoms with E-state index in [0.29, 0.717) is 24.5 Å². The van der Waals surface area contributed by atoms with Crippen molar-refractivity contribution < 1.29 is 28.6 Å². The van der Waals surface area contributed by atoms with Crippen LogP contribution in [0.25, 0.3) is 0 Å². The smallest absolute Gasteiger partial charge is 0.414 e. The molecule has 3 fully saturated rings. The number of nitrogens with zero attached hydrogens (tertiary/aromatic N) is 2. The Balaban J connectivity index is 1.37. The Morgan fingerprint density at radius 2 is 2.00 bits per heavy atom. The van der Waals surface area contributed by atoms with Crippen molar-refractivity contribution in [2.45, 2.75) is 19.1 Å². The summed E-state index contributed by atoms with van der Waals surface area (Å²) < 4.78 is 20.0. The van der Waals surface area contributed by atoms with Crippen molar-refractivity contribution in [1.82, 2.24) is 10.6 Å². The molecule has 10 heteroatoms. The fourth-order valence-corrected chi connectivity index (χ4v) is 4.19. The van der Waals surface area contributed by atoms with Crippen molar-refractivity contribution in [3.63, 3.8) is 0 Å². The zero-order chi connectivity index (χ0) is 20.7. The molecule has 2 heterocycles. The van der Waals surface area contributed by atoms with Crippen molar-refractivity contribution in [3.05, 3.63) is 24.0 Å². The molecule has 1 aliphatic carbocycles. The molecule has 29 heavy (non-hydrogen) atoms. The van der Waals surface area contributed by atoms with Crippen LogP contribution in [0.2, 0.25) is 0 Å². The Morgan fingerprint density at radius 1 is 1.28 bits per heavy atom. The van der Waals surface area contributed by atoms with Crippen LogP contribution in [-0.2, 0) is 14.3 Å². The monoisotopic (exact) mass is 406 g/mol. The standard InChI is InChI=1S/C19H23FN4O5/c1-10(26)21-5-12-6-24(19(28)29-12)11-2-3-16(15(20)4-11)23-7-13-14(8-23)18(13)22-17(27)9-25/h2-4,12-14,18,25H,5-9H2,1H3,(H,21,26)(H,22,27)/t12-,13-,14+,18?/m0/s1. The van der Waals surface area contributed by atoms with Gasteiger partial charge in [0.1, 0.15) is 18.5 Å². The Kier molecular flexibility index (Phi) is 5.03. The van der Waals surface area contributed by atoms with Gasteiger partial charge < -0.3 is 25.4 Å². The van der Waals surface area contributed by atoms with Crippen LogP contribution in [0.1, 0.15) is 6.92 Å². The number of carbonyl (C=O) groups excluding carboxylic acids is 3. The van der Waals surface area contributed by atoms with E-state index in [1.54, 1.807) is 12.1 Å². The zero-order valence-electron chi connectivity index (χ0n) is 15.9. The third-order valence-electron chi connectivity index (χ3n) is 5.70. The summed E-state index contributed by atoms with van der Waals surface area (Å²) in [6.07, 6.45) is -1.05. The summed E-state index contributed by atoms with van der Waals surface area (Å²) in [5, 5.41) is 14.2. The first-order valence-corrected chi connectivity index (χ1v) is 9.54. The number of fused-ring (bicyclic) bond motifs is 1. The molecule has 0 spiro atoms. The van der Waals surface area contributed by atoms with Crippen LogP contribution in [-0.4, -0.2) is 67.9 Å². The minimum absolute atomic E-state index is 0.0492. The number of rotatable bonds is 6. The maximum absolute atomic E-state index is 14.8. The molecule has 0 radical (unpaired) electrons. The van der Waals surface area contributed by atoms with Crippen molar-refractivity contribution in [2.75, 3.05) is 42.6 Å². The minimum Gasteiger partial charge on any atom is -0.442 e. The van der Waals surface area contributed by atoms with E-state index < -0.39 is 24.6 Å². The molecule has 9 nitrogen and oxygen atoms in total. The third kappa shape index (κ3) is 3.84. The number of piperidine rings is 1. The van der Waals surface area contributed by atoms with Gasteiger partial charge in [-0.15, -0.1) is 0 Å². The van der Waals surface area contributed by atoms with Gasteiger partial charge in [0.15, 0.2) is 0 Å². The lowest BCUT2D eigenvalue weighted by atomic mass is 10.2. The van der Waals surface area contributed by atoms with Gasteiger partial charge in [-0.05, 0) is 18.2 Å². The van der Waals surface area contributed by atoms with E-state index in [1.165, 1.54) is 17.9 Å². The number of hydrogen-bond acceptors (Lipinski definition) is 6. The average molecular weight is 406 g/mol. The summed E-state index contributed by atoms with van der Waals surface area (Å²) in [5.41, 5.74) is 0.856. The Hall–Kier alpha value is -2.88. The molecule has 4 rings (SSSR count). The fraction of sp³-hybridized carbons (Fsp3) is 0.526. The van der Waals surface area contributed by atoms with Gasteiger partial charge in [-0.2, -0.15) is 0 Å². The number of amides is 3. The predicted molar refractivity (Wildman–Crippen MR) is 101 cm³/mol. The first-order valence-electron chi connectivity index (χ1n) is 9.54. The van der Waals surface area contributed by atoms with Crippen LogP contribution in [0.4, 0.5) is 20.6 Å². The summed E-state index contributed by atoms with van der Waals surface area (Å²) in [6, 6.07) is 4.68. The molecule has 0 aromatic heterocycles. The van der Waals surface area contributed by atoms with E-state index in [0.717, 1.165) is 0 Å². The Labute approximate surface area is 166 Å². The molecular weight excluding hydrogens is 383 g/mol. The van der Waals surface area contributed by atoms with Crippen molar-refractivity contribution in [2.24, 2.45) is 11.8 Å². The van der Waals surface area contributed by atoms with Crippen LogP contribution < -0.4 is 20.4 Å². The van der Waals surface area contributed by atoms with E-state index in [-0.39, 0.29) is 42.8 Å². The number of carbonyl (C=O) groups is 3. The Morgan fingerprint density at radius 3 is 2.62 bits per heavy atom. The molecule has 3 aliphatic rings. The lowest BCUT2D eigenvalue weighted by molar-refractivity contribution is -0.124. The minimum atomic E-state index is -0.572. The van der Waals surface area contributed by atoms with E-state index in [2.05, 4.69) is 10.6 Å². The number of cyclic esters (lactones) is 1. The van der Waals surface area contributed by atoms with Gasteiger partial charge in [0.25, 0.3) is 0 Å². The number of halogens is 1. The molecule has 3 N–H and O–H groups in total. The van der Waals surface area contributed by atoms with Crippen LogP contribution in [0.3, 0.4) is 0 Å². The van der Waals surface area contributed by atoms with Crippen LogP contribution >= 0.6 is 0 Å². The molecule has 1 aromatic carbocycles. The van der Waals surface area contributed by atoms with Crippen molar-refractivity contribution in [1.29, 1.82) is 0 Å². The van der Waals surface area contributed by atoms with Crippen LogP contribution in [0.5, 0.6) is 0 Å². The van der Waals surface area contributed by atoms with E-state index in [4.69, 9.17) is 9.84 Å². The van der Waals surface area contributed by atoms with Gasteiger partial charge in [0, 0.05) is 37.9 Å². The highest BCUT2D eigenvalue weighted by Crippen LogP contribution is 2.47. The average Bonchev–Trinajstić information content (AvgIpc) is 3.02. The highest BCUT2D eigenvalue weighted by molar-refractivity contribution is 5.90. The molecule has 1 aromatic rings. The van der Waals surface area contributed by atoms with Gasteiger partial charge in [-0.1, -0.05) is 0 Å². The molecule has 2 aliphatic heterocycles. The number of ether oxygens (including phenoxy) is 1. The third-order valence-corrected chi connectivity index (χ3v) is 5.70. The topological polar surface area (TPSA) is 111 Å². The second-order valence-corrected chi connectivity index (χ2v) is 7.67. The normalized spacial score (nSPS) is 27.5. The summed E-state index contributed by atoms with van der Waals surface area (Å²) in [4.78, 5) is 37.7. The number of anilines is 2. The number of nitrogens with one attached hydrogen (secondary N) is 2. The molecule has 156 valence electrons. The number of benzene rings is 1. The first kappa shape index (κ1) is 19.4. The highest BCUT2D eigenvalue weighted by Gasteiger charge is 2.56. The second-order valence-electron chi connectivity index (χ2n) is 7.67. The largest absolute Gasteiger partial charge is 0.442 e. The molecule has 0 bridgehead atoms. The van der Waals surface area contributed by atoms with Gasteiger partial charge in [0.2, 0.25) is 11.8 Å². The molecule has 4 atom stereocenters. The first-order chi connectivity index (χ1) is 13.9. The quantitative estimate of drug-likeness (QED) is 0.605. The Bertz CT molecular complexity index is 838. The van der Waals surface area contributed by atoms with Crippen LogP contribution in [0.15, 0.2) is 18.2 Å². The number of hydrogen-bond donors (Lipinski definition) is 3. The molecule has 1 unspecified atom stereocenters. The van der Waals surface area contributed by atoms with Crippen molar-refractivity contribution >= 4 is 29.3 Å². The maximum atomic E-state index is 14.8. The van der Waals surface area contributed by atoms with Gasteiger partial charge in [-0.3, -0.25) is 14.5 Å². The molecular formula is C19H23FN4O5. The summed E-state index contributed by atoms with van der Waals surface area (Å²) in [5.74, 6) is -0.518. The van der Waals surface area contributed by atoms with Gasteiger partial charge >= 0.3 is 6.09 Å². The maximum Gasteiger partial charge on any atom is 0.414 e. The summed E-state index contributed by atoms with van der Waals surface area (Å²) in [7, 11) is 0. The number of aliphatic hydroxyl groups excluding tert-OH is 1. The summed E-state index contributed by atoms with van der Waals surface area (Å²) >= 11 is 0. The molecule has 1 saturated carbocycles. The van der Waals surface area contributed by atoms with E-state index in [1.807, 2.05) is 4.90 Å². The lowest BCUT2D eigenvalue weighted by Crippen LogP contribution is -2.36. The van der Waals surface area contributed by atoms with Crippen LogP contribution in [0, 0.1) is 17.7 Å². The van der Waals surface area contributed by atoms with E-state index >= 15 is 0 Å². The number of aliphatic hydroxyl groups is 1. The molecule has 2 saturated heterocycles. The van der Waals surface area contributed by atoms with Gasteiger partial charge in [-0.25, -0.2) is 9.18 Å². The predicted octanol–water partition coefficient (Wildman–Crippen LogP) is -0.170. The highest BCUT2D eigenvalue weighted by atomic mass is 19.1. The molecule has 3 amide bonds. The zero-order valence-corrected chi connectivity index (χ0v) is 15.9. The SMILES string of the molecule is CC(=O)NC[C@H]1CN(c2ccc(N3C[C@@H]4C(NC(=O)CO)[C@@H]4C3)c(F)c2)C(=O)O1. The lowest BCUT2D eigenvalue weighted by Gasteiger charge is -2.24. The van der Waals surface area contributed by atoms with E-state index in [9.17, 15) is 18.8 Å². The summed E-state index contributed by atoms with van der Waals surface area (Å²) in [6.45, 7) is 2.55. The fourth-order valence-electron chi connectivity index (χ4n) is 4.19. The van der Waals surface area contributed by atoms with Crippen molar-refractivity contribution in [3.8, 4) is 0 Å². The second kappa shape index (κ2) is 7.51. The van der Waals surface area contributed by atoms with Gasteiger partial charge in [0.05, 0.1) is 24.5 Å².